The number of phenols is 1. The van der Waals surface area contributed by atoms with Crippen LogP contribution in [0.4, 0.5) is 5.69 Å². The van der Waals surface area contributed by atoms with Crippen LogP contribution in [0.1, 0.15) is 32.1 Å². The van der Waals surface area contributed by atoms with E-state index in [2.05, 4.69) is 24.8 Å². The van der Waals surface area contributed by atoms with Crippen LogP contribution in [0.15, 0.2) is 29.3 Å². The van der Waals surface area contributed by atoms with Crippen LogP contribution >= 0.6 is 0 Å². The number of ether oxygens (including phenoxy) is 1. The Bertz CT molecular complexity index is 613. The van der Waals surface area contributed by atoms with Crippen molar-refractivity contribution in [1.82, 2.24) is 10.2 Å². The molecule has 0 atom stereocenters. The number of guanidine groups is 1. The number of piperazine rings is 1. The van der Waals surface area contributed by atoms with Crippen LogP contribution in [0, 0.1) is 0 Å². The number of aliphatic imine (C=N–C) groups is 1. The number of carbonyl (C=O) groups excluding carboxylic acids is 1. The van der Waals surface area contributed by atoms with E-state index in [1.165, 1.54) is 7.11 Å². The summed E-state index contributed by atoms with van der Waals surface area (Å²) < 4.78 is 4.64. The molecule has 7 heteroatoms. The van der Waals surface area contributed by atoms with Crippen molar-refractivity contribution in [1.29, 1.82) is 0 Å². The number of unbranched alkanes of at least 4 members (excludes halogenated alkanes) is 3. The molecule has 0 amide bonds. The van der Waals surface area contributed by atoms with Crippen molar-refractivity contribution in [2.24, 2.45) is 4.99 Å². The minimum Gasteiger partial charge on any atom is -0.506 e. The third kappa shape index (κ3) is 6.66. The number of para-hydroxylation sites is 2. The summed E-state index contributed by atoms with van der Waals surface area (Å²) in [5.41, 5.74) is 0.895. The van der Waals surface area contributed by atoms with Crippen molar-refractivity contribution in [3.63, 3.8) is 0 Å². The van der Waals surface area contributed by atoms with E-state index in [1.54, 1.807) is 6.07 Å². The molecule has 2 rings (SSSR count). The first-order chi connectivity index (χ1) is 13.2. The Kier molecular flexibility index (Phi) is 8.74. The van der Waals surface area contributed by atoms with Crippen molar-refractivity contribution < 1.29 is 14.6 Å². The second kappa shape index (κ2) is 11.3. The van der Waals surface area contributed by atoms with Gasteiger partial charge >= 0.3 is 5.97 Å². The lowest BCUT2D eigenvalue weighted by Crippen LogP contribution is -2.52. The molecule has 0 aliphatic carbocycles. The summed E-state index contributed by atoms with van der Waals surface area (Å²) >= 11 is 0. The van der Waals surface area contributed by atoms with Crippen LogP contribution in [-0.2, 0) is 9.53 Å². The van der Waals surface area contributed by atoms with Gasteiger partial charge in [-0.25, -0.2) is 0 Å². The number of nitrogens with one attached hydrogen (secondary N) is 1. The molecule has 0 aromatic heterocycles. The highest BCUT2D eigenvalue weighted by molar-refractivity contribution is 5.80. The van der Waals surface area contributed by atoms with Gasteiger partial charge < -0.3 is 25.0 Å². The Hall–Kier alpha value is -2.44. The molecule has 27 heavy (non-hydrogen) atoms. The molecule has 1 heterocycles. The molecule has 7 nitrogen and oxygen atoms in total. The highest BCUT2D eigenvalue weighted by atomic mass is 16.5. The van der Waals surface area contributed by atoms with Gasteiger partial charge in [0.15, 0.2) is 5.96 Å². The molecule has 2 N–H and O–H groups in total. The molecule has 1 aromatic carbocycles. The highest BCUT2D eigenvalue weighted by Crippen LogP contribution is 2.27. The lowest BCUT2D eigenvalue weighted by atomic mass is 10.1. The van der Waals surface area contributed by atoms with Gasteiger partial charge in [-0.15, -0.1) is 0 Å². The van der Waals surface area contributed by atoms with Gasteiger partial charge in [-0.05, 0) is 25.0 Å². The average molecular weight is 377 g/mol. The van der Waals surface area contributed by atoms with Crippen LogP contribution in [-0.4, -0.2) is 68.8 Å². The fourth-order valence-corrected chi connectivity index (χ4v) is 3.27. The van der Waals surface area contributed by atoms with Gasteiger partial charge in [0, 0.05) is 46.2 Å². The van der Waals surface area contributed by atoms with E-state index in [0.29, 0.717) is 12.2 Å². The molecular formula is C20H32N4O3. The summed E-state index contributed by atoms with van der Waals surface area (Å²) in [7, 11) is 3.24. The van der Waals surface area contributed by atoms with Gasteiger partial charge in [0.25, 0.3) is 0 Å². The van der Waals surface area contributed by atoms with Gasteiger partial charge in [-0.1, -0.05) is 25.0 Å². The van der Waals surface area contributed by atoms with Crippen molar-refractivity contribution in [3.05, 3.63) is 24.3 Å². The number of methoxy groups -OCH3 is 1. The Balaban J connectivity index is 1.65. The minimum absolute atomic E-state index is 0.128. The zero-order valence-corrected chi connectivity index (χ0v) is 16.5. The van der Waals surface area contributed by atoms with E-state index in [-0.39, 0.29) is 5.97 Å². The van der Waals surface area contributed by atoms with Crippen molar-refractivity contribution in [2.75, 3.05) is 51.8 Å². The number of esters is 1. The number of hydrogen-bond donors (Lipinski definition) is 2. The van der Waals surface area contributed by atoms with Crippen LogP contribution in [0.5, 0.6) is 5.75 Å². The van der Waals surface area contributed by atoms with Gasteiger partial charge in [0.1, 0.15) is 5.75 Å². The lowest BCUT2D eigenvalue weighted by Gasteiger charge is -2.37. The number of nitrogens with zero attached hydrogens (tertiary/aromatic N) is 3. The first kappa shape index (κ1) is 20.9. The molecule has 1 fully saturated rings. The number of benzene rings is 1. The van der Waals surface area contributed by atoms with E-state index in [4.69, 9.17) is 0 Å². The molecule has 1 aliphatic rings. The van der Waals surface area contributed by atoms with Crippen molar-refractivity contribution in [3.8, 4) is 5.75 Å². The third-order valence-electron chi connectivity index (χ3n) is 4.83. The van der Waals surface area contributed by atoms with E-state index in [0.717, 1.165) is 70.1 Å². The maximum Gasteiger partial charge on any atom is 0.305 e. The van der Waals surface area contributed by atoms with E-state index in [9.17, 15) is 9.90 Å². The quantitative estimate of drug-likeness (QED) is 0.314. The summed E-state index contributed by atoms with van der Waals surface area (Å²) in [6.07, 6.45) is 4.57. The van der Waals surface area contributed by atoms with E-state index < -0.39 is 0 Å². The summed E-state index contributed by atoms with van der Waals surface area (Å²) in [5.74, 6) is 1.14. The SMILES string of the molecule is CN=C(NCCCCCCC(=O)OC)N1CCN(c2ccccc2O)CC1. The average Bonchev–Trinajstić information content (AvgIpc) is 2.70. The molecule has 0 radical (unpaired) electrons. The Morgan fingerprint density at radius 2 is 1.85 bits per heavy atom. The summed E-state index contributed by atoms with van der Waals surface area (Å²) in [6, 6.07) is 7.48. The summed E-state index contributed by atoms with van der Waals surface area (Å²) in [4.78, 5) is 19.9. The predicted molar refractivity (Wildman–Crippen MR) is 108 cm³/mol. The van der Waals surface area contributed by atoms with Gasteiger partial charge in [0.2, 0.25) is 0 Å². The van der Waals surface area contributed by atoms with Crippen LogP contribution < -0.4 is 10.2 Å². The maximum atomic E-state index is 11.1. The second-order valence-electron chi connectivity index (χ2n) is 6.68. The zero-order chi connectivity index (χ0) is 19.5. The normalized spacial score (nSPS) is 15.0. The maximum absolute atomic E-state index is 11.1. The first-order valence-electron chi connectivity index (χ1n) is 9.71. The minimum atomic E-state index is -0.128. The number of anilines is 1. The molecule has 1 aromatic rings. The molecule has 150 valence electrons. The predicted octanol–water partition coefficient (Wildman–Crippen LogP) is 2.21. The Labute approximate surface area is 162 Å². The van der Waals surface area contributed by atoms with Crippen LogP contribution in [0.3, 0.4) is 0 Å². The molecule has 1 aliphatic heterocycles. The molecule has 0 unspecified atom stereocenters. The molecule has 0 spiro atoms. The third-order valence-corrected chi connectivity index (χ3v) is 4.83. The number of rotatable bonds is 8. The van der Waals surface area contributed by atoms with Gasteiger partial charge in [-0.3, -0.25) is 9.79 Å². The Morgan fingerprint density at radius 3 is 2.52 bits per heavy atom. The van der Waals surface area contributed by atoms with Gasteiger partial charge in [-0.2, -0.15) is 0 Å². The number of hydrogen-bond acceptors (Lipinski definition) is 5. The largest absolute Gasteiger partial charge is 0.506 e. The molecule has 1 saturated heterocycles. The fourth-order valence-electron chi connectivity index (χ4n) is 3.27. The summed E-state index contributed by atoms with van der Waals surface area (Å²) in [6.45, 7) is 4.32. The van der Waals surface area contributed by atoms with E-state index in [1.807, 2.05) is 25.2 Å². The van der Waals surface area contributed by atoms with Gasteiger partial charge in [0.05, 0.1) is 12.8 Å². The van der Waals surface area contributed by atoms with Crippen molar-refractivity contribution in [2.45, 2.75) is 32.1 Å². The second-order valence-corrected chi connectivity index (χ2v) is 6.68. The topological polar surface area (TPSA) is 77.4 Å². The highest BCUT2D eigenvalue weighted by Gasteiger charge is 2.21. The Morgan fingerprint density at radius 1 is 1.15 bits per heavy atom. The van der Waals surface area contributed by atoms with Crippen molar-refractivity contribution >= 4 is 17.6 Å². The number of aromatic hydroxyl groups is 1. The number of carbonyl (C=O) groups is 1. The van der Waals surface area contributed by atoms with E-state index >= 15 is 0 Å². The smallest absolute Gasteiger partial charge is 0.305 e. The summed E-state index contributed by atoms with van der Waals surface area (Å²) in [5, 5.41) is 13.4. The molecule has 0 bridgehead atoms. The van der Waals surface area contributed by atoms with Crippen LogP contribution in [0.25, 0.3) is 0 Å². The number of phenolic OH excluding ortho intramolecular Hbond substituents is 1. The fraction of sp³-hybridized carbons (Fsp3) is 0.600. The molecule has 0 saturated carbocycles. The standard InChI is InChI=1S/C20H32N4O3/c1-21-20(22-12-8-4-3-5-11-19(26)27-2)24-15-13-23(14-16-24)17-9-6-7-10-18(17)25/h6-7,9-10,25H,3-5,8,11-16H2,1-2H3,(H,21,22). The lowest BCUT2D eigenvalue weighted by molar-refractivity contribution is -0.140. The molecular weight excluding hydrogens is 344 g/mol. The van der Waals surface area contributed by atoms with Crippen LogP contribution in [0.2, 0.25) is 0 Å². The monoisotopic (exact) mass is 376 g/mol. The first-order valence-corrected chi connectivity index (χ1v) is 9.71. The zero-order valence-electron chi connectivity index (χ0n) is 16.5.